The highest BCUT2D eigenvalue weighted by Crippen LogP contribution is 2.36. The number of anilines is 1. The zero-order valence-electron chi connectivity index (χ0n) is 12.9. The molecule has 5 heterocycles. The van der Waals surface area contributed by atoms with Gasteiger partial charge in [0.1, 0.15) is 12.1 Å². The minimum atomic E-state index is 0.499. The molecule has 7 nitrogen and oxygen atoms in total. The molecule has 0 aliphatic carbocycles. The molecule has 2 atom stereocenters. The van der Waals surface area contributed by atoms with Gasteiger partial charge in [0, 0.05) is 42.4 Å². The number of aromatic amines is 1. The average Bonchev–Trinajstić information content (AvgIpc) is 3.31. The van der Waals surface area contributed by atoms with Crippen molar-refractivity contribution in [3.8, 4) is 0 Å². The van der Waals surface area contributed by atoms with E-state index in [4.69, 9.17) is 0 Å². The van der Waals surface area contributed by atoms with Crippen LogP contribution in [-0.4, -0.2) is 55.2 Å². The highest BCUT2D eigenvalue weighted by molar-refractivity contribution is 9.10. The number of rotatable bonds is 3. The van der Waals surface area contributed by atoms with Gasteiger partial charge in [0.05, 0.1) is 17.3 Å². The minimum Gasteiger partial charge on any atom is -0.350 e. The first-order chi connectivity index (χ1) is 11.8. The molecular formula is C16H16BrN7. The molecule has 2 unspecified atom stereocenters. The van der Waals surface area contributed by atoms with Crippen molar-refractivity contribution >= 4 is 32.8 Å². The van der Waals surface area contributed by atoms with Crippen LogP contribution in [-0.2, 0) is 6.54 Å². The quantitative estimate of drug-likeness (QED) is 0.742. The molecule has 8 heteroatoms. The number of fused-ring (bicyclic) bond motifs is 3. The largest absolute Gasteiger partial charge is 0.350 e. The molecule has 3 aromatic heterocycles. The summed E-state index contributed by atoms with van der Waals surface area (Å²) in [6.45, 7) is 2.96. The fourth-order valence-corrected chi connectivity index (χ4v) is 4.13. The van der Waals surface area contributed by atoms with E-state index in [0.717, 1.165) is 46.7 Å². The van der Waals surface area contributed by atoms with Gasteiger partial charge in [-0.25, -0.2) is 9.97 Å². The fraction of sp³-hybridized carbons (Fsp3) is 0.375. The van der Waals surface area contributed by atoms with Crippen molar-refractivity contribution < 1.29 is 0 Å². The topological polar surface area (TPSA) is 73.8 Å². The molecule has 5 rings (SSSR count). The maximum atomic E-state index is 4.52. The van der Waals surface area contributed by atoms with Crippen LogP contribution in [0.15, 0.2) is 35.3 Å². The number of hydrogen-bond acceptors (Lipinski definition) is 6. The number of likely N-dealkylation sites (tertiary alicyclic amines) is 1. The highest BCUT2D eigenvalue weighted by atomic mass is 79.9. The predicted molar refractivity (Wildman–Crippen MR) is 93.6 cm³/mol. The van der Waals surface area contributed by atoms with Gasteiger partial charge >= 0.3 is 0 Å². The third-order valence-electron chi connectivity index (χ3n) is 5.01. The molecule has 2 fully saturated rings. The van der Waals surface area contributed by atoms with Gasteiger partial charge in [0.25, 0.3) is 0 Å². The lowest BCUT2D eigenvalue weighted by Gasteiger charge is -2.34. The van der Waals surface area contributed by atoms with Gasteiger partial charge in [0.2, 0.25) is 0 Å². The molecule has 2 aliphatic heterocycles. The summed E-state index contributed by atoms with van der Waals surface area (Å²) < 4.78 is 1.02. The Balaban J connectivity index is 1.35. The number of nitrogens with zero attached hydrogens (tertiary/aromatic N) is 6. The van der Waals surface area contributed by atoms with E-state index in [1.165, 1.54) is 6.42 Å². The van der Waals surface area contributed by atoms with Crippen LogP contribution >= 0.6 is 15.9 Å². The number of aromatic nitrogens is 5. The number of hydrogen-bond donors (Lipinski definition) is 1. The number of piperazine rings is 1. The summed E-state index contributed by atoms with van der Waals surface area (Å²) in [7, 11) is 0. The summed E-state index contributed by atoms with van der Waals surface area (Å²) in [4.78, 5) is 18.2. The van der Waals surface area contributed by atoms with Crippen molar-refractivity contribution in [3.63, 3.8) is 0 Å². The van der Waals surface area contributed by atoms with Crippen LogP contribution in [0, 0.1) is 0 Å². The third kappa shape index (κ3) is 2.29. The highest BCUT2D eigenvalue weighted by Gasteiger charge is 2.44. The Morgan fingerprint density at radius 3 is 2.88 bits per heavy atom. The lowest BCUT2D eigenvalue weighted by molar-refractivity contribution is 0.227. The van der Waals surface area contributed by atoms with Crippen LogP contribution in [0.3, 0.4) is 0 Å². The summed E-state index contributed by atoms with van der Waals surface area (Å²) in [5.74, 6) is 1.00. The van der Waals surface area contributed by atoms with E-state index < -0.39 is 0 Å². The van der Waals surface area contributed by atoms with Crippen molar-refractivity contribution in [2.24, 2.45) is 0 Å². The molecule has 2 aliphatic rings. The number of nitrogens with one attached hydrogen (secondary N) is 1. The Morgan fingerprint density at radius 2 is 2.08 bits per heavy atom. The Kier molecular flexibility index (Phi) is 3.27. The second-order valence-corrected chi connectivity index (χ2v) is 7.34. The summed E-state index contributed by atoms with van der Waals surface area (Å²) in [5, 5.41) is 8.03. The maximum absolute atomic E-state index is 4.52. The second-order valence-electron chi connectivity index (χ2n) is 6.42. The zero-order valence-corrected chi connectivity index (χ0v) is 14.5. The summed E-state index contributed by atoms with van der Waals surface area (Å²) >= 11 is 3.44. The maximum Gasteiger partial charge on any atom is 0.160 e. The van der Waals surface area contributed by atoms with Gasteiger partial charge in [-0.05, 0) is 34.5 Å². The molecule has 2 saturated heterocycles. The number of H-pyrrole nitrogens is 1. The molecule has 0 amide bonds. The SMILES string of the molecule is Brc1ccc(CN2CC3CC2CN3c2ncnc3[nH]ncc23)nc1. The minimum absolute atomic E-state index is 0.499. The summed E-state index contributed by atoms with van der Waals surface area (Å²) in [6, 6.07) is 5.20. The summed E-state index contributed by atoms with van der Waals surface area (Å²) in [5.41, 5.74) is 1.93. The lowest BCUT2D eigenvalue weighted by Crippen LogP contribution is -2.46. The van der Waals surface area contributed by atoms with Crippen LogP contribution < -0.4 is 4.90 Å². The Morgan fingerprint density at radius 1 is 1.12 bits per heavy atom. The van der Waals surface area contributed by atoms with Gasteiger partial charge < -0.3 is 4.90 Å². The molecule has 122 valence electrons. The molecule has 24 heavy (non-hydrogen) atoms. The normalized spacial score (nSPS) is 23.5. The van der Waals surface area contributed by atoms with Crippen molar-refractivity contribution in [1.82, 2.24) is 30.0 Å². The predicted octanol–water partition coefficient (Wildman–Crippen LogP) is 1.97. The van der Waals surface area contributed by atoms with Gasteiger partial charge in [0.15, 0.2) is 5.65 Å². The third-order valence-corrected chi connectivity index (χ3v) is 5.48. The molecule has 1 N–H and O–H groups in total. The zero-order chi connectivity index (χ0) is 16.1. The summed E-state index contributed by atoms with van der Waals surface area (Å²) in [6.07, 6.45) is 6.48. The van der Waals surface area contributed by atoms with Crippen molar-refractivity contribution in [2.75, 3.05) is 18.0 Å². The molecular weight excluding hydrogens is 370 g/mol. The van der Waals surface area contributed by atoms with E-state index in [2.05, 4.69) is 63.0 Å². The van der Waals surface area contributed by atoms with Crippen LogP contribution in [0.4, 0.5) is 5.82 Å². The lowest BCUT2D eigenvalue weighted by atomic mass is 10.2. The van der Waals surface area contributed by atoms with E-state index in [0.29, 0.717) is 12.1 Å². The molecule has 0 spiro atoms. The molecule has 2 bridgehead atoms. The van der Waals surface area contributed by atoms with Gasteiger partial charge in [-0.1, -0.05) is 0 Å². The Hall–Kier alpha value is -2.06. The Bertz CT molecular complexity index is 878. The molecule has 3 aromatic rings. The molecule has 0 radical (unpaired) electrons. The number of halogens is 1. The van der Waals surface area contributed by atoms with E-state index in [1.807, 2.05) is 12.4 Å². The molecule has 0 saturated carbocycles. The number of pyridine rings is 1. The van der Waals surface area contributed by atoms with Crippen molar-refractivity contribution in [1.29, 1.82) is 0 Å². The van der Waals surface area contributed by atoms with Crippen LogP contribution in [0.1, 0.15) is 12.1 Å². The second kappa shape index (κ2) is 5.49. The first-order valence-electron chi connectivity index (χ1n) is 8.03. The van der Waals surface area contributed by atoms with E-state index in [1.54, 1.807) is 6.33 Å². The first kappa shape index (κ1) is 14.3. The Labute approximate surface area is 147 Å². The van der Waals surface area contributed by atoms with E-state index in [-0.39, 0.29) is 0 Å². The van der Waals surface area contributed by atoms with Gasteiger partial charge in [-0.3, -0.25) is 15.0 Å². The van der Waals surface area contributed by atoms with Crippen LogP contribution in [0.5, 0.6) is 0 Å². The van der Waals surface area contributed by atoms with Crippen molar-refractivity contribution in [2.45, 2.75) is 25.0 Å². The monoisotopic (exact) mass is 385 g/mol. The van der Waals surface area contributed by atoms with Crippen LogP contribution in [0.25, 0.3) is 11.0 Å². The van der Waals surface area contributed by atoms with E-state index >= 15 is 0 Å². The smallest absolute Gasteiger partial charge is 0.160 e. The standard InChI is InChI=1S/C16H16BrN7/c17-10-1-2-11(18-4-10)6-23-7-13-3-12(23)8-24(13)16-14-5-21-22-15(14)19-9-20-16/h1-2,4-5,9,12-13H,3,6-8H2,(H,19,20,21,22). The van der Waals surface area contributed by atoms with Gasteiger partial charge in [-0.2, -0.15) is 5.10 Å². The molecule has 0 aromatic carbocycles. The van der Waals surface area contributed by atoms with Crippen LogP contribution in [0.2, 0.25) is 0 Å². The van der Waals surface area contributed by atoms with Crippen molar-refractivity contribution in [3.05, 3.63) is 41.0 Å². The van der Waals surface area contributed by atoms with E-state index in [9.17, 15) is 0 Å². The fourth-order valence-electron chi connectivity index (χ4n) is 3.89. The average molecular weight is 386 g/mol. The first-order valence-corrected chi connectivity index (χ1v) is 8.82. The van der Waals surface area contributed by atoms with Gasteiger partial charge in [-0.15, -0.1) is 0 Å².